The number of imidazole rings is 1. The van der Waals surface area contributed by atoms with Crippen LogP contribution in [-0.2, 0) is 11.2 Å². The first-order valence-corrected chi connectivity index (χ1v) is 8.15. The molecule has 2 rings (SSSR count). The maximum absolute atomic E-state index is 12.3. The molecular formula is C18H20N6O2. The van der Waals surface area contributed by atoms with Gasteiger partial charge in [0.1, 0.15) is 11.6 Å². The molecule has 0 fully saturated rings. The minimum Gasteiger partial charge on any atom is -0.387 e. The quantitative estimate of drug-likeness (QED) is 0.449. The highest BCUT2D eigenvalue weighted by molar-refractivity contribution is 6.09. The number of nitrogens with zero attached hydrogens (tertiary/aromatic N) is 2. The molecule has 0 unspecified atom stereocenters. The molecule has 1 aromatic carbocycles. The Bertz CT molecular complexity index is 806. The van der Waals surface area contributed by atoms with Crippen LogP contribution in [0.2, 0.25) is 0 Å². The molecule has 26 heavy (non-hydrogen) atoms. The van der Waals surface area contributed by atoms with Crippen LogP contribution in [0, 0.1) is 11.3 Å². The van der Waals surface area contributed by atoms with E-state index in [1.165, 1.54) is 0 Å². The molecule has 0 spiro atoms. The first kappa shape index (κ1) is 18.7. The van der Waals surface area contributed by atoms with Gasteiger partial charge in [0.15, 0.2) is 0 Å². The van der Waals surface area contributed by atoms with Crippen LogP contribution in [0.3, 0.4) is 0 Å². The van der Waals surface area contributed by atoms with Crippen LogP contribution in [0.15, 0.2) is 54.1 Å². The lowest BCUT2D eigenvalue weighted by atomic mass is 10.1. The van der Waals surface area contributed by atoms with Gasteiger partial charge in [-0.2, -0.15) is 5.26 Å². The number of nitrogens with one attached hydrogen (secondary N) is 4. The Morgan fingerprint density at radius 2 is 2.04 bits per heavy atom. The van der Waals surface area contributed by atoms with E-state index in [-0.39, 0.29) is 5.57 Å². The number of benzene rings is 1. The van der Waals surface area contributed by atoms with Crippen molar-refractivity contribution in [2.75, 3.05) is 11.9 Å². The van der Waals surface area contributed by atoms with Gasteiger partial charge in [-0.1, -0.05) is 25.1 Å². The van der Waals surface area contributed by atoms with E-state index < -0.39 is 11.9 Å². The molecule has 0 aliphatic rings. The van der Waals surface area contributed by atoms with Gasteiger partial charge in [-0.05, 0) is 18.6 Å². The maximum atomic E-state index is 12.3. The summed E-state index contributed by atoms with van der Waals surface area (Å²) in [4.78, 5) is 31.1. The van der Waals surface area contributed by atoms with Crippen molar-refractivity contribution in [3.8, 4) is 6.07 Å². The molecule has 0 radical (unpaired) electrons. The van der Waals surface area contributed by atoms with Gasteiger partial charge in [0.05, 0.1) is 6.33 Å². The number of aromatic nitrogens is 2. The van der Waals surface area contributed by atoms with E-state index in [9.17, 15) is 14.9 Å². The second kappa shape index (κ2) is 9.64. The predicted octanol–water partition coefficient (Wildman–Crippen LogP) is 2.08. The van der Waals surface area contributed by atoms with Crippen LogP contribution in [0.25, 0.3) is 0 Å². The van der Waals surface area contributed by atoms with E-state index >= 15 is 0 Å². The van der Waals surface area contributed by atoms with Gasteiger partial charge in [-0.3, -0.25) is 10.1 Å². The van der Waals surface area contributed by atoms with Crippen molar-refractivity contribution >= 4 is 17.6 Å². The molecule has 0 aliphatic carbocycles. The summed E-state index contributed by atoms with van der Waals surface area (Å²) in [7, 11) is 0. The average molecular weight is 352 g/mol. The standard InChI is InChI=1S/C18H20N6O2/c1-2-16(21-9-8-14-11-20-12-22-14)15(10-19)17(25)24-18(26)23-13-6-4-3-5-7-13/h3-7,11-12,21H,2,8-9H2,1H3,(H,20,22)(H2,23,24,25,26)/b16-15+. The fourth-order valence-electron chi connectivity index (χ4n) is 2.26. The topological polar surface area (TPSA) is 123 Å². The molecular weight excluding hydrogens is 332 g/mol. The zero-order valence-corrected chi connectivity index (χ0v) is 14.4. The van der Waals surface area contributed by atoms with Gasteiger partial charge >= 0.3 is 6.03 Å². The molecule has 0 bridgehead atoms. The van der Waals surface area contributed by atoms with Crippen molar-refractivity contribution in [2.24, 2.45) is 0 Å². The third-order valence-corrected chi connectivity index (χ3v) is 3.54. The van der Waals surface area contributed by atoms with Gasteiger partial charge in [-0.15, -0.1) is 0 Å². The first-order valence-electron chi connectivity index (χ1n) is 8.15. The molecule has 4 N–H and O–H groups in total. The lowest BCUT2D eigenvalue weighted by molar-refractivity contribution is -0.116. The molecule has 3 amide bonds. The average Bonchev–Trinajstić information content (AvgIpc) is 3.15. The van der Waals surface area contributed by atoms with Gasteiger partial charge in [0, 0.05) is 36.2 Å². The molecule has 2 aromatic rings. The number of hydrogen-bond donors (Lipinski definition) is 4. The Morgan fingerprint density at radius 3 is 2.65 bits per heavy atom. The highest BCUT2D eigenvalue weighted by Gasteiger charge is 2.17. The molecule has 0 saturated carbocycles. The lowest BCUT2D eigenvalue weighted by Gasteiger charge is -2.12. The molecule has 8 heteroatoms. The number of carbonyl (C=O) groups is 2. The zero-order chi connectivity index (χ0) is 18.8. The Kier molecular flexibility index (Phi) is 6.94. The van der Waals surface area contributed by atoms with E-state index in [4.69, 9.17) is 0 Å². The van der Waals surface area contributed by atoms with Crippen molar-refractivity contribution in [3.63, 3.8) is 0 Å². The summed E-state index contributed by atoms with van der Waals surface area (Å²) in [5.41, 5.74) is 1.86. The Balaban J connectivity index is 1.96. The number of allylic oxidation sites excluding steroid dienone is 1. The molecule has 0 saturated heterocycles. The predicted molar refractivity (Wildman–Crippen MR) is 96.8 cm³/mol. The molecule has 134 valence electrons. The van der Waals surface area contributed by atoms with Gasteiger partial charge < -0.3 is 15.6 Å². The van der Waals surface area contributed by atoms with Gasteiger partial charge in [0.2, 0.25) is 0 Å². The van der Waals surface area contributed by atoms with Crippen LogP contribution in [0.5, 0.6) is 0 Å². The number of anilines is 1. The fraction of sp³-hybridized carbons (Fsp3) is 0.222. The normalized spacial score (nSPS) is 11.1. The molecule has 0 aliphatic heterocycles. The first-order chi connectivity index (χ1) is 12.6. The van der Waals surface area contributed by atoms with Gasteiger partial charge in [-0.25, -0.2) is 9.78 Å². The van der Waals surface area contributed by atoms with E-state index in [1.54, 1.807) is 36.8 Å². The Labute approximate surface area is 151 Å². The summed E-state index contributed by atoms with van der Waals surface area (Å²) >= 11 is 0. The van der Waals surface area contributed by atoms with Crippen LogP contribution >= 0.6 is 0 Å². The number of H-pyrrole nitrogens is 1. The van der Waals surface area contributed by atoms with Crippen molar-refractivity contribution in [2.45, 2.75) is 19.8 Å². The molecule has 0 atom stereocenters. The Morgan fingerprint density at radius 1 is 1.27 bits per heavy atom. The van der Waals surface area contributed by atoms with Crippen molar-refractivity contribution in [1.82, 2.24) is 20.6 Å². The number of aromatic amines is 1. The number of hydrogen-bond acceptors (Lipinski definition) is 5. The largest absolute Gasteiger partial charge is 0.387 e. The number of nitriles is 1. The summed E-state index contributed by atoms with van der Waals surface area (Å²) in [6, 6.07) is 9.90. The van der Waals surface area contributed by atoms with Crippen molar-refractivity contribution < 1.29 is 9.59 Å². The number of imide groups is 1. The highest BCUT2D eigenvalue weighted by Crippen LogP contribution is 2.07. The molecule has 1 heterocycles. The van der Waals surface area contributed by atoms with Gasteiger partial charge in [0.25, 0.3) is 5.91 Å². The van der Waals surface area contributed by atoms with Crippen molar-refractivity contribution in [3.05, 3.63) is 59.8 Å². The van der Waals surface area contributed by atoms with E-state index in [2.05, 4.69) is 25.9 Å². The second-order valence-electron chi connectivity index (χ2n) is 5.35. The highest BCUT2D eigenvalue weighted by atomic mass is 16.2. The van der Waals surface area contributed by atoms with Crippen LogP contribution in [0.4, 0.5) is 10.5 Å². The fourth-order valence-corrected chi connectivity index (χ4v) is 2.26. The summed E-state index contributed by atoms with van der Waals surface area (Å²) in [6.45, 7) is 2.35. The van der Waals surface area contributed by atoms with Crippen LogP contribution in [0.1, 0.15) is 19.0 Å². The minimum atomic E-state index is -0.744. The summed E-state index contributed by atoms with van der Waals surface area (Å²) in [6.07, 6.45) is 4.42. The monoisotopic (exact) mass is 352 g/mol. The Hall–Kier alpha value is -3.60. The summed E-state index contributed by atoms with van der Waals surface area (Å²) in [5.74, 6) is -0.744. The van der Waals surface area contributed by atoms with E-state index in [0.717, 1.165) is 5.69 Å². The zero-order valence-electron chi connectivity index (χ0n) is 14.4. The van der Waals surface area contributed by atoms with Crippen LogP contribution < -0.4 is 16.0 Å². The smallest absolute Gasteiger partial charge is 0.326 e. The van der Waals surface area contributed by atoms with E-state index in [0.29, 0.717) is 30.8 Å². The number of urea groups is 1. The van der Waals surface area contributed by atoms with E-state index in [1.807, 2.05) is 19.1 Å². The lowest BCUT2D eigenvalue weighted by Crippen LogP contribution is -2.36. The SMILES string of the molecule is CC/C(NCCc1cnc[nH]1)=C(/C#N)C(=O)NC(=O)Nc1ccccc1. The summed E-state index contributed by atoms with van der Waals surface area (Å²) < 4.78 is 0. The number of carbonyl (C=O) groups excluding carboxylic acids is 2. The minimum absolute atomic E-state index is 0.111. The maximum Gasteiger partial charge on any atom is 0.326 e. The van der Waals surface area contributed by atoms with Crippen molar-refractivity contribution in [1.29, 1.82) is 5.26 Å². The van der Waals surface area contributed by atoms with Crippen LogP contribution in [-0.4, -0.2) is 28.5 Å². The number of amides is 3. The number of rotatable bonds is 7. The third kappa shape index (κ3) is 5.49. The third-order valence-electron chi connectivity index (χ3n) is 3.54. The molecule has 1 aromatic heterocycles. The number of para-hydroxylation sites is 1. The summed E-state index contributed by atoms with van der Waals surface area (Å²) in [5, 5.41) is 17.1. The molecule has 8 nitrogen and oxygen atoms in total. The second-order valence-corrected chi connectivity index (χ2v) is 5.35.